The van der Waals surface area contributed by atoms with E-state index in [9.17, 15) is 14.4 Å². The Kier molecular flexibility index (Phi) is 5.56. The molecule has 2 aliphatic rings. The molecule has 0 amide bonds. The van der Waals surface area contributed by atoms with Gasteiger partial charge in [-0.05, 0) is 30.5 Å². The monoisotopic (exact) mass is 469 g/mol. The first-order valence-electron chi connectivity index (χ1n) is 11.2. The van der Waals surface area contributed by atoms with Crippen molar-refractivity contribution >= 4 is 34.1 Å². The third kappa shape index (κ3) is 3.63. The molecule has 4 aromatic rings. The van der Waals surface area contributed by atoms with Crippen molar-refractivity contribution in [3.8, 4) is 17.0 Å². The van der Waals surface area contributed by atoms with Gasteiger partial charge in [0.05, 0.1) is 28.8 Å². The lowest BCUT2D eigenvalue weighted by atomic mass is 9.99. The van der Waals surface area contributed by atoms with Crippen molar-refractivity contribution in [2.24, 2.45) is 0 Å². The van der Waals surface area contributed by atoms with Gasteiger partial charge in [-0.2, -0.15) is 0 Å². The van der Waals surface area contributed by atoms with Crippen LogP contribution >= 0.6 is 0 Å². The van der Waals surface area contributed by atoms with Crippen molar-refractivity contribution in [3.05, 3.63) is 77.6 Å². The average molecular weight is 469 g/mol. The number of hydrogen-bond donors (Lipinski definition) is 1. The third-order valence-corrected chi connectivity index (χ3v) is 6.22. The van der Waals surface area contributed by atoms with Crippen LogP contribution in [-0.2, 0) is 20.9 Å². The van der Waals surface area contributed by atoms with Crippen LogP contribution in [0.5, 0.6) is 5.88 Å². The predicted octanol–water partition coefficient (Wildman–Crippen LogP) is 3.72. The van der Waals surface area contributed by atoms with Gasteiger partial charge in [0.15, 0.2) is 0 Å². The summed E-state index contributed by atoms with van der Waals surface area (Å²) in [6.45, 7) is 3.87. The van der Waals surface area contributed by atoms with E-state index < -0.39 is 23.6 Å². The number of pyridine rings is 1. The highest BCUT2D eigenvalue weighted by Crippen LogP contribution is 2.39. The van der Waals surface area contributed by atoms with E-state index >= 15 is 0 Å². The first-order chi connectivity index (χ1) is 16.9. The van der Waals surface area contributed by atoms with Gasteiger partial charge in [-0.1, -0.05) is 54.6 Å². The van der Waals surface area contributed by atoms with Crippen LogP contribution in [0.25, 0.3) is 22.0 Å². The van der Waals surface area contributed by atoms with Crippen molar-refractivity contribution in [1.29, 1.82) is 0 Å². The molecule has 2 aliphatic heterocycles. The Morgan fingerprint density at radius 1 is 1.09 bits per heavy atom. The summed E-state index contributed by atoms with van der Waals surface area (Å²) < 4.78 is 12.5. The van der Waals surface area contributed by atoms with Crippen LogP contribution in [0.15, 0.2) is 60.8 Å². The SMILES string of the molecule is CCOC(=O)C1Oc2ncc(c3c2c(N)c(C)n3Cc2ccccc2-c2ccccc2)C(=O)C1=O. The molecule has 1 unspecified atom stereocenters. The van der Waals surface area contributed by atoms with E-state index in [2.05, 4.69) is 4.98 Å². The summed E-state index contributed by atoms with van der Waals surface area (Å²) in [5.41, 5.74) is 11.2. The van der Waals surface area contributed by atoms with E-state index in [-0.39, 0.29) is 18.1 Å². The van der Waals surface area contributed by atoms with Crippen LogP contribution in [0.1, 0.15) is 28.5 Å². The number of rotatable bonds is 5. The van der Waals surface area contributed by atoms with Gasteiger partial charge in [0.25, 0.3) is 11.9 Å². The molecule has 1 atom stereocenters. The van der Waals surface area contributed by atoms with Crippen molar-refractivity contribution < 1.29 is 23.9 Å². The molecule has 4 heterocycles. The first-order valence-corrected chi connectivity index (χ1v) is 11.2. The summed E-state index contributed by atoms with van der Waals surface area (Å²) in [6.07, 6.45) is -0.419. The molecular weight excluding hydrogens is 446 g/mol. The molecule has 35 heavy (non-hydrogen) atoms. The number of aromatic nitrogens is 2. The van der Waals surface area contributed by atoms with Crippen LogP contribution in [0.2, 0.25) is 0 Å². The maximum absolute atomic E-state index is 13.2. The summed E-state index contributed by atoms with van der Waals surface area (Å²) in [6, 6.07) is 17.9. The zero-order valence-corrected chi connectivity index (χ0v) is 19.3. The van der Waals surface area contributed by atoms with E-state index in [1.807, 2.05) is 66.1 Å². The van der Waals surface area contributed by atoms with Gasteiger partial charge in [-0.3, -0.25) is 9.59 Å². The van der Waals surface area contributed by atoms with Crippen LogP contribution in [0.4, 0.5) is 5.69 Å². The van der Waals surface area contributed by atoms with Crippen LogP contribution in [-0.4, -0.2) is 39.8 Å². The summed E-state index contributed by atoms with van der Waals surface area (Å²) in [5, 5.41) is 0.396. The van der Waals surface area contributed by atoms with Crippen molar-refractivity contribution in [3.63, 3.8) is 0 Å². The Balaban J connectivity index is 1.69. The molecule has 8 nitrogen and oxygen atoms in total. The van der Waals surface area contributed by atoms with E-state index in [0.29, 0.717) is 28.8 Å². The molecule has 0 fully saturated rings. The van der Waals surface area contributed by atoms with Gasteiger partial charge >= 0.3 is 5.97 Å². The fraction of sp³-hybridized carbons (Fsp3) is 0.185. The highest BCUT2D eigenvalue weighted by molar-refractivity contribution is 6.50. The highest BCUT2D eigenvalue weighted by Gasteiger charge is 2.41. The van der Waals surface area contributed by atoms with Gasteiger partial charge in [0.1, 0.15) is 0 Å². The van der Waals surface area contributed by atoms with E-state index in [1.54, 1.807) is 6.92 Å². The van der Waals surface area contributed by atoms with Gasteiger partial charge in [-0.15, -0.1) is 0 Å². The number of anilines is 1. The summed E-state index contributed by atoms with van der Waals surface area (Å²) in [7, 11) is 0. The zero-order chi connectivity index (χ0) is 24.7. The summed E-state index contributed by atoms with van der Waals surface area (Å²) >= 11 is 0. The van der Waals surface area contributed by atoms with E-state index in [1.165, 1.54) is 6.20 Å². The lowest BCUT2D eigenvalue weighted by Gasteiger charge is -2.20. The number of benzene rings is 2. The molecule has 2 aromatic carbocycles. The Labute approximate surface area is 201 Å². The summed E-state index contributed by atoms with van der Waals surface area (Å²) in [4.78, 5) is 42.7. The minimum Gasteiger partial charge on any atom is -0.463 e. The van der Waals surface area contributed by atoms with E-state index in [4.69, 9.17) is 15.2 Å². The molecule has 0 saturated heterocycles. The van der Waals surface area contributed by atoms with Gasteiger partial charge in [-0.25, -0.2) is 9.78 Å². The number of Topliss-reactive ketones (excluding diaryl/α,β-unsaturated/α-hetero) is 2. The Morgan fingerprint density at radius 3 is 2.54 bits per heavy atom. The Hall–Kier alpha value is -4.46. The molecular formula is C27H23N3O5. The van der Waals surface area contributed by atoms with Crippen molar-refractivity contribution in [1.82, 2.24) is 9.55 Å². The smallest absolute Gasteiger partial charge is 0.355 e. The number of nitrogen functional groups attached to an aromatic ring is 1. The van der Waals surface area contributed by atoms with E-state index in [0.717, 1.165) is 16.7 Å². The molecule has 8 heteroatoms. The maximum Gasteiger partial charge on any atom is 0.355 e. The topological polar surface area (TPSA) is 114 Å². The second-order valence-corrected chi connectivity index (χ2v) is 8.25. The Bertz CT molecular complexity index is 1490. The molecule has 0 spiro atoms. The number of hydrogen-bond acceptors (Lipinski definition) is 7. The van der Waals surface area contributed by atoms with Gasteiger partial charge in [0.2, 0.25) is 11.7 Å². The number of nitrogens with two attached hydrogens (primary N) is 1. The minimum atomic E-state index is -1.72. The molecule has 2 bridgehead atoms. The number of ketones is 2. The molecule has 6 rings (SSSR count). The number of fused-ring (bicyclic) bond motifs is 4. The predicted molar refractivity (Wildman–Crippen MR) is 130 cm³/mol. The van der Waals surface area contributed by atoms with Crippen LogP contribution in [0, 0.1) is 6.92 Å². The lowest BCUT2D eigenvalue weighted by molar-refractivity contribution is -0.154. The fourth-order valence-corrected chi connectivity index (χ4v) is 4.47. The summed E-state index contributed by atoms with van der Waals surface area (Å²) in [5.74, 6) is -2.79. The number of carbonyl (C=O) groups excluding carboxylic acids is 3. The molecule has 2 aromatic heterocycles. The number of esters is 1. The lowest BCUT2D eigenvalue weighted by Crippen LogP contribution is -2.42. The number of nitrogens with zero attached hydrogens (tertiary/aromatic N) is 2. The standard InChI is InChI=1S/C27H23N3O5/c1-3-34-27(33)25-24(32)23(31)19-13-29-26(35-25)20-21(28)15(2)30(22(19)20)14-17-11-7-8-12-18(17)16-9-5-4-6-10-16/h4-13,25H,3,14,28H2,1-2H3. The molecule has 176 valence electrons. The fourth-order valence-electron chi connectivity index (χ4n) is 4.47. The van der Waals surface area contributed by atoms with Crippen LogP contribution < -0.4 is 10.5 Å². The third-order valence-electron chi connectivity index (χ3n) is 6.22. The Morgan fingerprint density at radius 2 is 1.80 bits per heavy atom. The van der Waals surface area contributed by atoms with Gasteiger partial charge < -0.3 is 19.8 Å². The molecule has 0 saturated carbocycles. The van der Waals surface area contributed by atoms with Crippen molar-refractivity contribution in [2.45, 2.75) is 26.5 Å². The normalized spacial score (nSPS) is 15.1. The number of carbonyl (C=O) groups is 3. The number of ether oxygens (including phenoxy) is 2. The molecule has 0 radical (unpaired) electrons. The van der Waals surface area contributed by atoms with Gasteiger partial charge in [0, 0.05) is 18.4 Å². The highest BCUT2D eigenvalue weighted by atomic mass is 16.6. The second kappa shape index (κ2) is 8.72. The second-order valence-electron chi connectivity index (χ2n) is 8.25. The largest absolute Gasteiger partial charge is 0.463 e. The quantitative estimate of drug-likeness (QED) is 0.269. The van der Waals surface area contributed by atoms with Crippen molar-refractivity contribution in [2.75, 3.05) is 12.3 Å². The zero-order valence-electron chi connectivity index (χ0n) is 19.3. The average Bonchev–Trinajstić information content (AvgIpc) is 3.12. The maximum atomic E-state index is 13.2. The molecule has 2 N–H and O–H groups in total. The molecule has 0 aliphatic carbocycles. The first kappa shape index (κ1) is 22.3. The minimum absolute atomic E-state index is 0.0124. The van der Waals surface area contributed by atoms with Crippen LogP contribution in [0.3, 0.4) is 0 Å².